The number of hydrogen-bond acceptors (Lipinski definition) is 0. The summed E-state index contributed by atoms with van der Waals surface area (Å²) in [5.41, 5.74) is 0. The van der Waals surface area contributed by atoms with Crippen molar-refractivity contribution in [3.8, 4) is 0 Å². The lowest BCUT2D eigenvalue weighted by Crippen LogP contribution is -2.25. The molecule has 0 aromatic rings. The minimum absolute atomic E-state index is 1.08. The number of rotatable bonds is 10. The standard InChI is InChI=1S/C26H50/c1-2-3-4-5-6-13-18-23-26(24-19-14-9-7-10-15-20-24)25-21-16-11-8-12-17-22-25/h24-26H,2-23H2,1H3. The van der Waals surface area contributed by atoms with Gasteiger partial charge < -0.3 is 0 Å². The molecule has 0 unspecified atom stereocenters. The molecule has 0 heterocycles. The molecule has 0 nitrogen and oxygen atoms in total. The van der Waals surface area contributed by atoms with E-state index in [0.29, 0.717) is 0 Å². The monoisotopic (exact) mass is 362 g/mol. The van der Waals surface area contributed by atoms with Crippen molar-refractivity contribution in [2.75, 3.05) is 0 Å². The summed E-state index contributed by atoms with van der Waals surface area (Å²) in [5, 5.41) is 0. The van der Waals surface area contributed by atoms with Gasteiger partial charge in [-0.1, -0.05) is 142 Å². The maximum atomic E-state index is 2.33. The first-order valence-corrected chi connectivity index (χ1v) is 12.9. The summed E-state index contributed by atoms with van der Waals surface area (Å²) in [4.78, 5) is 0. The SMILES string of the molecule is CCCCCCCCCC(C1CCCCCCC1)C1CCCCCCC1. The number of unbranched alkanes of at least 4 members (excludes halogenated alkanes) is 6. The molecular weight excluding hydrogens is 312 g/mol. The van der Waals surface area contributed by atoms with E-state index in [1.165, 1.54) is 109 Å². The van der Waals surface area contributed by atoms with E-state index in [1.54, 1.807) is 32.1 Å². The van der Waals surface area contributed by atoms with E-state index in [0.717, 1.165) is 17.8 Å². The zero-order valence-electron chi connectivity index (χ0n) is 18.3. The Balaban J connectivity index is 1.82. The van der Waals surface area contributed by atoms with Crippen molar-refractivity contribution in [1.29, 1.82) is 0 Å². The van der Waals surface area contributed by atoms with Crippen LogP contribution < -0.4 is 0 Å². The first-order chi connectivity index (χ1) is 12.9. The van der Waals surface area contributed by atoms with Crippen molar-refractivity contribution >= 4 is 0 Å². The minimum atomic E-state index is 1.08. The molecule has 0 N–H and O–H groups in total. The summed E-state index contributed by atoms with van der Waals surface area (Å²) in [5.74, 6) is 3.25. The summed E-state index contributed by atoms with van der Waals surface area (Å²) < 4.78 is 0. The smallest absolute Gasteiger partial charge is 0.0357 e. The van der Waals surface area contributed by atoms with Crippen LogP contribution >= 0.6 is 0 Å². The van der Waals surface area contributed by atoms with Crippen LogP contribution in [0.1, 0.15) is 148 Å². The van der Waals surface area contributed by atoms with Crippen LogP contribution in [0.2, 0.25) is 0 Å². The first kappa shape index (κ1) is 22.3. The lowest BCUT2D eigenvalue weighted by atomic mass is 9.69. The van der Waals surface area contributed by atoms with Crippen LogP contribution in [0.5, 0.6) is 0 Å². The fourth-order valence-corrected chi connectivity index (χ4v) is 6.03. The Labute approximate surface area is 166 Å². The predicted octanol–water partition coefficient (Wildman–Crippen LogP) is 9.46. The fourth-order valence-electron chi connectivity index (χ4n) is 6.03. The highest BCUT2D eigenvalue weighted by molar-refractivity contribution is 4.80. The van der Waals surface area contributed by atoms with Gasteiger partial charge in [-0.3, -0.25) is 0 Å². The van der Waals surface area contributed by atoms with Crippen molar-refractivity contribution in [2.45, 2.75) is 148 Å². The van der Waals surface area contributed by atoms with Gasteiger partial charge in [0, 0.05) is 0 Å². The quantitative estimate of drug-likeness (QED) is 0.339. The third-order valence-corrected chi connectivity index (χ3v) is 7.65. The van der Waals surface area contributed by atoms with Crippen molar-refractivity contribution in [2.24, 2.45) is 17.8 Å². The molecule has 0 aromatic carbocycles. The molecule has 0 heteroatoms. The molecular formula is C26H50. The van der Waals surface area contributed by atoms with Gasteiger partial charge in [0.15, 0.2) is 0 Å². The highest BCUT2D eigenvalue weighted by Crippen LogP contribution is 2.40. The zero-order chi connectivity index (χ0) is 18.3. The highest BCUT2D eigenvalue weighted by Gasteiger charge is 2.29. The third kappa shape index (κ3) is 9.27. The fraction of sp³-hybridized carbons (Fsp3) is 1.00. The molecule has 0 radical (unpaired) electrons. The lowest BCUT2D eigenvalue weighted by Gasteiger charge is -2.36. The van der Waals surface area contributed by atoms with Gasteiger partial charge in [-0.2, -0.15) is 0 Å². The second-order valence-electron chi connectivity index (χ2n) is 9.78. The molecule has 0 aromatic heterocycles. The van der Waals surface area contributed by atoms with E-state index in [9.17, 15) is 0 Å². The van der Waals surface area contributed by atoms with Gasteiger partial charge in [0.2, 0.25) is 0 Å². The Morgan fingerprint density at radius 1 is 0.500 bits per heavy atom. The maximum absolute atomic E-state index is 2.33. The van der Waals surface area contributed by atoms with E-state index in [-0.39, 0.29) is 0 Å². The molecule has 2 fully saturated rings. The molecule has 0 aliphatic heterocycles. The van der Waals surface area contributed by atoms with E-state index >= 15 is 0 Å². The van der Waals surface area contributed by atoms with Gasteiger partial charge in [-0.25, -0.2) is 0 Å². The van der Waals surface area contributed by atoms with Crippen LogP contribution in [0, 0.1) is 17.8 Å². The average Bonchev–Trinajstić information content (AvgIpc) is 2.59. The molecule has 2 aliphatic rings. The Kier molecular flexibility index (Phi) is 12.8. The Morgan fingerprint density at radius 3 is 1.35 bits per heavy atom. The Bertz CT molecular complexity index is 269. The summed E-state index contributed by atoms with van der Waals surface area (Å²) in [6.45, 7) is 2.33. The van der Waals surface area contributed by atoms with Gasteiger partial charge in [-0.15, -0.1) is 0 Å². The van der Waals surface area contributed by atoms with Crippen LogP contribution in [-0.2, 0) is 0 Å². The van der Waals surface area contributed by atoms with Crippen molar-refractivity contribution in [3.63, 3.8) is 0 Å². The molecule has 2 saturated carbocycles. The first-order valence-electron chi connectivity index (χ1n) is 12.9. The molecule has 26 heavy (non-hydrogen) atoms. The average molecular weight is 363 g/mol. The Morgan fingerprint density at radius 2 is 0.885 bits per heavy atom. The minimum Gasteiger partial charge on any atom is -0.0654 e. The van der Waals surface area contributed by atoms with Gasteiger partial charge >= 0.3 is 0 Å². The highest BCUT2D eigenvalue weighted by atomic mass is 14.3. The molecule has 0 atom stereocenters. The topological polar surface area (TPSA) is 0 Å². The third-order valence-electron chi connectivity index (χ3n) is 7.65. The Hall–Kier alpha value is 0. The molecule has 2 aliphatic carbocycles. The van der Waals surface area contributed by atoms with Gasteiger partial charge in [0.25, 0.3) is 0 Å². The largest absolute Gasteiger partial charge is 0.0654 e. The molecule has 154 valence electrons. The van der Waals surface area contributed by atoms with Crippen molar-refractivity contribution < 1.29 is 0 Å². The lowest BCUT2D eigenvalue weighted by molar-refractivity contribution is 0.147. The summed E-state index contributed by atoms with van der Waals surface area (Å²) in [6.07, 6.45) is 33.4. The van der Waals surface area contributed by atoms with Gasteiger partial charge in [0.05, 0.1) is 0 Å². The maximum Gasteiger partial charge on any atom is -0.0357 e. The van der Waals surface area contributed by atoms with Crippen LogP contribution in [-0.4, -0.2) is 0 Å². The summed E-state index contributed by atoms with van der Waals surface area (Å²) in [6, 6.07) is 0. The van der Waals surface area contributed by atoms with E-state index in [1.807, 2.05) is 0 Å². The summed E-state index contributed by atoms with van der Waals surface area (Å²) >= 11 is 0. The zero-order valence-corrected chi connectivity index (χ0v) is 18.3. The van der Waals surface area contributed by atoms with Crippen LogP contribution in [0.3, 0.4) is 0 Å². The van der Waals surface area contributed by atoms with Crippen molar-refractivity contribution in [1.82, 2.24) is 0 Å². The second-order valence-corrected chi connectivity index (χ2v) is 9.78. The van der Waals surface area contributed by atoms with Gasteiger partial charge in [0.1, 0.15) is 0 Å². The van der Waals surface area contributed by atoms with E-state index < -0.39 is 0 Å². The summed E-state index contributed by atoms with van der Waals surface area (Å²) in [7, 11) is 0. The normalized spacial score (nSPS) is 21.9. The van der Waals surface area contributed by atoms with Crippen LogP contribution in [0.15, 0.2) is 0 Å². The second kappa shape index (κ2) is 15.0. The molecule has 2 rings (SSSR count). The van der Waals surface area contributed by atoms with Crippen LogP contribution in [0.25, 0.3) is 0 Å². The van der Waals surface area contributed by atoms with Crippen LogP contribution in [0.4, 0.5) is 0 Å². The molecule has 0 spiro atoms. The van der Waals surface area contributed by atoms with Crippen molar-refractivity contribution in [3.05, 3.63) is 0 Å². The molecule has 0 bridgehead atoms. The van der Waals surface area contributed by atoms with E-state index in [2.05, 4.69) is 6.92 Å². The van der Waals surface area contributed by atoms with Gasteiger partial charge in [-0.05, 0) is 24.2 Å². The number of hydrogen-bond donors (Lipinski definition) is 0. The molecule has 0 saturated heterocycles. The predicted molar refractivity (Wildman–Crippen MR) is 118 cm³/mol. The molecule has 0 amide bonds. The van der Waals surface area contributed by atoms with E-state index in [4.69, 9.17) is 0 Å².